The highest BCUT2D eigenvalue weighted by molar-refractivity contribution is 7.90. The first-order valence-electron chi connectivity index (χ1n) is 12.0. The summed E-state index contributed by atoms with van der Waals surface area (Å²) in [5.41, 5.74) is 5.58. The monoisotopic (exact) mass is 529 g/mol. The number of aromatic nitrogens is 1. The van der Waals surface area contributed by atoms with Gasteiger partial charge in [0.15, 0.2) is 10.0 Å². The van der Waals surface area contributed by atoms with Crippen LogP contribution in [0.4, 0.5) is 4.39 Å². The Bertz CT molecular complexity index is 1620. The number of halogens is 1. The van der Waals surface area contributed by atoms with Gasteiger partial charge in [-0.2, -0.15) is 8.36 Å². The van der Waals surface area contributed by atoms with E-state index in [1.54, 1.807) is 11.4 Å². The van der Waals surface area contributed by atoms with Gasteiger partial charge in [-0.1, -0.05) is 54.1 Å². The maximum absolute atomic E-state index is 15.1. The lowest BCUT2D eigenvalue weighted by Crippen LogP contribution is -2.14. The lowest BCUT2D eigenvalue weighted by Gasteiger charge is -2.16. The van der Waals surface area contributed by atoms with Crippen LogP contribution in [0.1, 0.15) is 23.5 Å². The van der Waals surface area contributed by atoms with E-state index in [4.69, 9.17) is 4.74 Å². The first kappa shape index (κ1) is 24.0. The molecule has 2 heterocycles. The third-order valence-corrected chi connectivity index (χ3v) is 9.08. The van der Waals surface area contributed by atoms with Crippen molar-refractivity contribution in [3.63, 3.8) is 0 Å². The third kappa shape index (κ3) is 4.17. The molecule has 0 saturated heterocycles. The lowest BCUT2D eigenvalue weighted by molar-refractivity contribution is -0.142. The van der Waals surface area contributed by atoms with Crippen molar-refractivity contribution in [1.82, 2.24) is 3.97 Å². The number of carbonyl (C=O) groups excluding carboxylic acids is 1. The molecule has 0 amide bonds. The van der Waals surface area contributed by atoms with Crippen LogP contribution in [0.2, 0.25) is 0 Å². The summed E-state index contributed by atoms with van der Waals surface area (Å²) < 4.78 is 36.0. The van der Waals surface area contributed by atoms with Gasteiger partial charge in [0, 0.05) is 22.1 Å². The molecular formula is C30H24FNO3S2. The van der Waals surface area contributed by atoms with Crippen LogP contribution in [0, 0.1) is 18.0 Å². The topological polar surface area (TPSA) is 54.3 Å². The van der Waals surface area contributed by atoms with Crippen molar-refractivity contribution >= 4 is 39.6 Å². The van der Waals surface area contributed by atoms with Crippen molar-refractivity contribution < 1.29 is 18.5 Å². The number of benzene rings is 3. The van der Waals surface area contributed by atoms with E-state index in [1.165, 1.54) is 7.11 Å². The Labute approximate surface area is 221 Å². The molecule has 2 aromatic heterocycles. The largest absolute Gasteiger partial charge is 0.587 e. The van der Waals surface area contributed by atoms with Gasteiger partial charge in [-0.3, -0.25) is 4.79 Å². The van der Waals surface area contributed by atoms with Crippen LogP contribution in [0.25, 0.3) is 33.3 Å². The second-order valence-electron chi connectivity index (χ2n) is 9.30. The van der Waals surface area contributed by atoms with Crippen LogP contribution in [0.3, 0.4) is 0 Å². The summed E-state index contributed by atoms with van der Waals surface area (Å²) in [7, 11) is 1.41. The van der Waals surface area contributed by atoms with Gasteiger partial charge in [-0.25, -0.2) is 0 Å². The van der Waals surface area contributed by atoms with Crippen molar-refractivity contribution in [1.29, 1.82) is 0 Å². The van der Waals surface area contributed by atoms with E-state index in [0.29, 0.717) is 21.7 Å². The normalized spacial score (nSPS) is 17.6. The second kappa shape index (κ2) is 9.49. The Morgan fingerprint density at radius 1 is 1.08 bits per heavy atom. The summed E-state index contributed by atoms with van der Waals surface area (Å²) >= 11 is -0.535. The van der Waals surface area contributed by atoms with Gasteiger partial charge in [0.1, 0.15) is 17.1 Å². The Morgan fingerprint density at radius 3 is 2.59 bits per heavy atom. The summed E-state index contributed by atoms with van der Waals surface area (Å²) in [4.78, 5) is 12.8. The Morgan fingerprint density at radius 2 is 1.86 bits per heavy atom. The van der Waals surface area contributed by atoms with Crippen molar-refractivity contribution in [2.45, 2.75) is 24.2 Å². The predicted octanol–water partition coefficient (Wildman–Crippen LogP) is 7.33. The maximum Gasteiger partial charge on any atom is 0.309 e. The molecule has 0 aliphatic heterocycles. The van der Waals surface area contributed by atoms with Gasteiger partial charge in [-0.15, -0.1) is 11.3 Å². The zero-order valence-electron chi connectivity index (χ0n) is 20.3. The molecule has 4 nitrogen and oxygen atoms in total. The molecule has 3 unspecified atom stereocenters. The fourth-order valence-corrected chi connectivity index (χ4v) is 6.94. The molecule has 1 aliphatic carbocycles. The second-order valence-corrected chi connectivity index (χ2v) is 11.5. The van der Waals surface area contributed by atoms with Gasteiger partial charge < -0.3 is 9.29 Å². The maximum atomic E-state index is 15.1. The van der Waals surface area contributed by atoms with Crippen molar-refractivity contribution in [3.05, 3.63) is 101 Å². The summed E-state index contributed by atoms with van der Waals surface area (Å²) in [6, 6.07) is 25.1. The Hall–Kier alpha value is -3.39. The van der Waals surface area contributed by atoms with Crippen LogP contribution >= 0.6 is 11.3 Å². The summed E-state index contributed by atoms with van der Waals surface area (Å²) in [6.07, 6.45) is 0.737. The minimum atomic E-state index is -1.58. The van der Waals surface area contributed by atoms with E-state index in [-0.39, 0.29) is 22.9 Å². The third-order valence-electron chi connectivity index (χ3n) is 6.99. The summed E-state index contributed by atoms with van der Waals surface area (Å²) in [5.74, 6) is -0.276. The molecule has 3 aromatic carbocycles. The molecule has 1 saturated carbocycles. The molecule has 1 aliphatic rings. The number of ether oxygens (including phenoxy) is 1. The quantitative estimate of drug-likeness (QED) is 0.171. The van der Waals surface area contributed by atoms with Crippen LogP contribution < -0.4 is 0 Å². The number of esters is 1. The molecule has 186 valence electrons. The fraction of sp³-hybridized carbons (Fsp3) is 0.167. The number of rotatable bonds is 6. The van der Waals surface area contributed by atoms with E-state index in [9.17, 15) is 9.35 Å². The van der Waals surface area contributed by atoms with E-state index in [1.807, 2.05) is 83.7 Å². The van der Waals surface area contributed by atoms with Crippen molar-refractivity contribution in [2.24, 2.45) is 5.92 Å². The molecule has 1 fully saturated rings. The van der Waals surface area contributed by atoms with Crippen molar-refractivity contribution in [2.75, 3.05) is 7.11 Å². The smallest absolute Gasteiger partial charge is 0.309 e. The number of fused-ring (bicyclic) bond motifs is 1. The van der Waals surface area contributed by atoms with Gasteiger partial charge >= 0.3 is 5.97 Å². The minimum Gasteiger partial charge on any atom is -0.587 e. The number of nitrogens with zero attached hydrogens (tertiary/aromatic N) is 1. The Balaban J connectivity index is 1.60. The highest BCUT2D eigenvalue weighted by atomic mass is 32.2. The highest BCUT2D eigenvalue weighted by Crippen LogP contribution is 2.50. The SMILES string of the molecule is COC(=O)C1CC1c1cccc(-c2c(-c3ccsc3F)c3ccccc3n2[S+]([O-])c2ccc(C)cc2)c1. The van der Waals surface area contributed by atoms with Crippen LogP contribution in [0.15, 0.2) is 89.1 Å². The van der Waals surface area contributed by atoms with E-state index in [2.05, 4.69) is 0 Å². The van der Waals surface area contributed by atoms with E-state index >= 15 is 4.39 Å². The standard InChI is InChI=1S/C30H24FNO3S2/c1-18-10-12-21(13-11-18)37(34)32-26-9-4-3-8-22(26)27(23-14-15-36-29(23)31)28(32)20-7-5-6-19(16-20)24-17-25(24)30(33)35-2/h3-16,24-25H,17H2,1-2H3. The average molecular weight is 530 g/mol. The fourth-order valence-electron chi connectivity index (χ4n) is 5.04. The van der Waals surface area contributed by atoms with E-state index in [0.717, 1.165) is 45.4 Å². The van der Waals surface area contributed by atoms with Crippen molar-refractivity contribution in [3.8, 4) is 22.4 Å². The number of hydrogen-bond donors (Lipinski definition) is 0. The predicted molar refractivity (Wildman–Crippen MR) is 146 cm³/mol. The first-order chi connectivity index (χ1) is 18.0. The molecule has 0 bridgehead atoms. The van der Waals surface area contributed by atoms with Crippen LogP contribution in [-0.2, 0) is 20.9 Å². The number of carbonyl (C=O) groups is 1. The van der Waals surface area contributed by atoms with Gasteiger partial charge in [0.2, 0.25) is 0 Å². The zero-order chi connectivity index (χ0) is 25.7. The number of para-hydroxylation sites is 1. The van der Waals surface area contributed by atoms with Gasteiger partial charge in [0.05, 0.1) is 18.5 Å². The molecule has 6 rings (SSSR count). The molecule has 0 spiro atoms. The van der Waals surface area contributed by atoms with Gasteiger partial charge in [0.25, 0.3) is 0 Å². The first-order valence-corrected chi connectivity index (χ1v) is 14.0. The molecule has 7 heteroatoms. The van der Waals surface area contributed by atoms with Gasteiger partial charge in [-0.05, 0) is 60.5 Å². The highest BCUT2D eigenvalue weighted by Gasteiger charge is 2.45. The summed E-state index contributed by atoms with van der Waals surface area (Å²) in [5, 5.41) is 2.29. The number of thiophene rings is 1. The molecule has 3 atom stereocenters. The summed E-state index contributed by atoms with van der Waals surface area (Å²) in [6.45, 7) is 1.99. The molecule has 37 heavy (non-hydrogen) atoms. The van der Waals surface area contributed by atoms with E-state index < -0.39 is 11.4 Å². The zero-order valence-corrected chi connectivity index (χ0v) is 21.9. The minimum absolute atomic E-state index is 0.0779. The van der Waals surface area contributed by atoms with Crippen LogP contribution in [-0.4, -0.2) is 21.6 Å². The Kier molecular flexibility index (Phi) is 6.15. The molecule has 0 radical (unpaired) electrons. The number of hydrogen-bond acceptors (Lipinski definition) is 4. The molecular weight excluding hydrogens is 505 g/mol. The number of aryl methyl sites for hydroxylation is 1. The molecule has 0 N–H and O–H groups in total. The number of methoxy groups -OCH3 is 1. The molecule has 5 aromatic rings. The lowest BCUT2D eigenvalue weighted by atomic mass is 9.98. The average Bonchev–Trinajstić information content (AvgIpc) is 3.51. The van der Waals surface area contributed by atoms with Crippen LogP contribution in [0.5, 0.6) is 0 Å².